The van der Waals surface area contributed by atoms with Crippen molar-refractivity contribution in [2.24, 2.45) is 11.3 Å². The van der Waals surface area contributed by atoms with Crippen LogP contribution in [0.25, 0.3) is 0 Å². The summed E-state index contributed by atoms with van der Waals surface area (Å²) in [6, 6.07) is 4.11. The molecule has 104 valence electrons. The topological polar surface area (TPSA) is 66.4 Å². The highest BCUT2D eigenvalue weighted by molar-refractivity contribution is 6.04. The van der Waals surface area contributed by atoms with E-state index in [2.05, 4.69) is 5.32 Å². The number of hydrogen-bond donors (Lipinski definition) is 2. The monoisotopic (exact) mass is 267 g/mol. The highest BCUT2D eigenvalue weighted by atomic mass is 19.1. The van der Waals surface area contributed by atoms with E-state index in [9.17, 15) is 14.0 Å². The fraction of sp³-hybridized carbons (Fsp3) is 0.429. The fourth-order valence-corrected chi connectivity index (χ4v) is 1.81. The molecule has 1 rings (SSSR count). The second-order valence-electron chi connectivity index (χ2n) is 5.59. The number of carboxylic acids is 1. The predicted octanol–water partition coefficient (Wildman–Crippen LogP) is 2.82. The molecule has 1 aromatic rings. The van der Waals surface area contributed by atoms with E-state index in [1.54, 1.807) is 27.7 Å². The summed E-state index contributed by atoms with van der Waals surface area (Å²) in [7, 11) is 0. The summed E-state index contributed by atoms with van der Waals surface area (Å²) in [6.07, 6.45) is 0. The number of rotatable bonds is 3. The van der Waals surface area contributed by atoms with Crippen LogP contribution in [0.15, 0.2) is 18.2 Å². The van der Waals surface area contributed by atoms with E-state index in [0.717, 1.165) is 0 Å². The SMILES string of the molecule is Cc1cc(NC(=O)C(C(=O)O)C(C)(C)C)ccc1F. The van der Waals surface area contributed by atoms with E-state index in [1.807, 2.05) is 0 Å². The van der Waals surface area contributed by atoms with Crippen LogP contribution in [0.2, 0.25) is 0 Å². The molecule has 1 aromatic carbocycles. The third kappa shape index (κ3) is 3.77. The van der Waals surface area contributed by atoms with Crippen LogP contribution < -0.4 is 5.32 Å². The molecule has 0 aliphatic heterocycles. The zero-order chi connectivity index (χ0) is 14.8. The number of hydrogen-bond acceptors (Lipinski definition) is 2. The van der Waals surface area contributed by atoms with Crippen molar-refractivity contribution in [3.63, 3.8) is 0 Å². The van der Waals surface area contributed by atoms with Gasteiger partial charge in [0.25, 0.3) is 0 Å². The van der Waals surface area contributed by atoms with E-state index in [-0.39, 0.29) is 5.82 Å². The maximum Gasteiger partial charge on any atom is 0.316 e. The number of anilines is 1. The number of carboxylic acid groups (broad SMARTS) is 1. The number of halogens is 1. The largest absolute Gasteiger partial charge is 0.481 e. The van der Waals surface area contributed by atoms with Gasteiger partial charge >= 0.3 is 5.97 Å². The first kappa shape index (κ1) is 15.1. The smallest absolute Gasteiger partial charge is 0.316 e. The molecule has 0 bridgehead atoms. The third-order valence-electron chi connectivity index (χ3n) is 2.80. The molecule has 5 heteroatoms. The minimum Gasteiger partial charge on any atom is -0.481 e. The Morgan fingerprint density at radius 1 is 1.32 bits per heavy atom. The summed E-state index contributed by atoms with van der Waals surface area (Å²) in [5.74, 6) is -3.32. The standard InChI is InChI=1S/C14H18FNO3/c1-8-7-9(5-6-10(8)15)16-12(17)11(13(18)19)14(2,3)4/h5-7,11H,1-4H3,(H,16,17)(H,18,19). The molecule has 4 nitrogen and oxygen atoms in total. The van der Waals surface area contributed by atoms with Gasteiger partial charge in [-0.2, -0.15) is 0 Å². The van der Waals surface area contributed by atoms with Gasteiger partial charge in [0.2, 0.25) is 5.91 Å². The number of benzene rings is 1. The van der Waals surface area contributed by atoms with E-state index < -0.39 is 23.2 Å². The Bertz CT molecular complexity index is 506. The third-order valence-corrected chi connectivity index (χ3v) is 2.80. The Hall–Kier alpha value is -1.91. The lowest BCUT2D eigenvalue weighted by Gasteiger charge is -2.25. The van der Waals surface area contributed by atoms with E-state index in [0.29, 0.717) is 11.3 Å². The van der Waals surface area contributed by atoms with Gasteiger partial charge in [-0.05, 0) is 36.1 Å². The van der Waals surface area contributed by atoms with Crippen LogP contribution in [0.5, 0.6) is 0 Å². The first-order chi connectivity index (χ1) is 8.62. The van der Waals surface area contributed by atoms with Crippen molar-refractivity contribution >= 4 is 17.6 Å². The lowest BCUT2D eigenvalue weighted by Crippen LogP contribution is -2.39. The quantitative estimate of drug-likeness (QED) is 0.827. The minimum atomic E-state index is -1.18. The Labute approximate surface area is 111 Å². The van der Waals surface area contributed by atoms with Crippen molar-refractivity contribution in [1.82, 2.24) is 0 Å². The summed E-state index contributed by atoms with van der Waals surface area (Å²) < 4.78 is 13.1. The average Bonchev–Trinajstić information content (AvgIpc) is 2.20. The van der Waals surface area contributed by atoms with Gasteiger partial charge in [-0.15, -0.1) is 0 Å². The van der Waals surface area contributed by atoms with Gasteiger partial charge in [0.1, 0.15) is 11.7 Å². The lowest BCUT2D eigenvalue weighted by atomic mass is 9.80. The molecule has 19 heavy (non-hydrogen) atoms. The Morgan fingerprint density at radius 2 is 1.89 bits per heavy atom. The van der Waals surface area contributed by atoms with E-state index in [1.165, 1.54) is 18.2 Å². The number of carbonyl (C=O) groups is 2. The predicted molar refractivity (Wildman–Crippen MR) is 70.3 cm³/mol. The van der Waals surface area contributed by atoms with Gasteiger partial charge in [-0.1, -0.05) is 20.8 Å². The number of aryl methyl sites for hydroxylation is 1. The van der Waals surface area contributed by atoms with Gasteiger partial charge in [0, 0.05) is 5.69 Å². The van der Waals surface area contributed by atoms with Crippen LogP contribution in [-0.2, 0) is 9.59 Å². The Kier molecular flexibility index (Phi) is 4.29. The highest BCUT2D eigenvalue weighted by Crippen LogP contribution is 2.27. The van der Waals surface area contributed by atoms with E-state index >= 15 is 0 Å². The molecular formula is C14H18FNO3. The minimum absolute atomic E-state index is 0.372. The molecule has 0 heterocycles. The van der Waals surface area contributed by atoms with Crippen LogP contribution in [0.4, 0.5) is 10.1 Å². The van der Waals surface area contributed by atoms with Crippen molar-refractivity contribution in [2.45, 2.75) is 27.7 Å². The molecule has 0 aliphatic rings. The zero-order valence-electron chi connectivity index (χ0n) is 11.5. The zero-order valence-corrected chi connectivity index (χ0v) is 11.5. The molecule has 0 aromatic heterocycles. The number of amides is 1. The molecule has 2 N–H and O–H groups in total. The summed E-state index contributed by atoms with van der Waals surface area (Å²) in [6.45, 7) is 6.62. The fourth-order valence-electron chi connectivity index (χ4n) is 1.81. The maximum atomic E-state index is 13.1. The summed E-state index contributed by atoms with van der Waals surface area (Å²) >= 11 is 0. The molecule has 0 radical (unpaired) electrons. The molecular weight excluding hydrogens is 249 g/mol. The van der Waals surface area contributed by atoms with Crippen molar-refractivity contribution in [2.75, 3.05) is 5.32 Å². The summed E-state index contributed by atoms with van der Waals surface area (Å²) in [4.78, 5) is 23.2. The summed E-state index contributed by atoms with van der Waals surface area (Å²) in [5, 5.41) is 11.6. The van der Waals surface area contributed by atoms with Crippen LogP contribution in [0.1, 0.15) is 26.3 Å². The number of aliphatic carboxylic acids is 1. The van der Waals surface area contributed by atoms with E-state index in [4.69, 9.17) is 5.11 Å². The van der Waals surface area contributed by atoms with Crippen molar-refractivity contribution in [3.05, 3.63) is 29.6 Å². The maximum absolute atomic E-state index is 13.1. The number of nitrogens with one attached hydrogen (secondary N) is 1. The molecule has 0 spiro atoms. The molecule has 1 amide bonds. The molecule has 0 saturated heterocycles. The second kappa shape index (κ2) is 5.38. The first-order valence-electron chi connectivity index (χ1n) is 5.92. The Morgan fingerprint density at radius 3 is 2.32 bits per heavy atom. The first-order valence-corrected chi connectivity index (χ1v) is 5.92. The van der Waals surface area contributed by atoms with Gasteiger partial charge < -0.3 is 10.4 Å². The van der Waals surface area contributed by atoms with Crippen molar-refractivity contribution in [3.8, 4) is 0 Å². The molecule has 0 saturated carbocycles. The van der Waals surface area contributed by atoms with Crippen LogP contribution in [0.3, 0.4) is 0 Å². The number of carbonyl (C=O) groups excluding carboxylic acids is 1. The lowest BCUT2D eigenvalue weighted by molar-refractivity contribution is -0.149. The van der Waals surface area contributed by atoms with Gasteiger partial charge in [-0.3, -0.25) is 9.59 Å². The molecule has 1 unspecified atom stereocenters. The highest BCUT2D eigenvalue weighted by Gasteiger charge is 2.37. The van der Waals surface area contributed by atoms with Crippen LogP contribution in [0, 0.1) is 24.1 Å². The summed E-state index contributed by atoms with van der Waals surface area (Å²) in [5.41, 5.74) is 0.0742. The second-order valence-corrected chi connectivity index (χ2v) is 5.59. The molecule has 1 atom stereocenters. The molecule has 0 fully saturated rings. The van der Waals surface area contributed by atoms with Crippen molar-refractivity contribution in [1.29, 1.82) is 0 Å². The normalized spacial score (nSPS) is 12.9. The Balaban J connectivity index is 2.94. The van der Waals surface area contributed by atoms with Crippen LogP contribution in [-0.4, -0.2) is 17.0 Å². The van der Waals surface area contributed by atoms with Gasteiger partial charge in [0.05, 0.1) is 0 Å². The van der Waals surface area contributed by atoms with Gasteiger partial charge in [-0.25, -0.2) is 4.39 Å². The van der Waals surface area contributed by atoms with Crippen LogP contribution >= 0.6 is 0 Å². The van der Waals surface area contributed by atoms with Gasteiger partial charge in [0.15, 0.2) is 0 Å². The molecule has 0 aliphatic carbocycles. The average molecular weight is 267 g/mol. The van der Waals surface area contributed by atoms with Crippen molar-refractivity contribution < 1.29 is 19.1 Å².